The lowest BCUT2D eigenvalue weighted by molar-refractivity contribution is -0.131. The van der Waals surface area contributed by atoms with E-state index in [9.17, 15) is 9.59 Å². The summed E-state index contributed by atoms with van der Waals surface area (Å²) in [6.45, 7) is 10.4. The Morgan fingerprint density at radius 1 is 1.32 bits per heavy atom. The fourth-order valence-electron chi connectivity index (χ4n) is 2.70. The summed E-state index contributed by atoms with van der Waals surface area (Å²) in [7, 11) is 0. The number of likely N-dealkylation sites (tertiary alicyclic amines) is 1. The molecule has 0 aliphatic carbocycles. The van der Waals surface area contributed by atoms with Crippen LogP contribution in [0.15, 0.2) is 12.1 Å². The lowest BCUT2D eigenvalue weighted by atomic mass is 10.1. The van der Waals surface area contributed by atoms with Gasteiger partial charge < -0.3 is 10.2 Å². The summed E-state index contributed by atoms with van der Waals surface area (Å²) in [6, 6.07) is 3.26. The number of nitrogens with zero attached hydrogens (tertiary/aromatic N) is 2. The van der Waals surface area contributed by atoms with Crippen LogP contribution in [0.3, 0.4) is 0 Å². The molecule has 0 radical (unpaired) electrons. The monoisotopic (exact) mass is 304 g/mol. The van der Waals surface area contributed by atoms with Crippen LogP contribution in [-0.2, 0) is 4.79 Å². The van der Waals surface area contributed by atoms with E-state index in [0.29, 0.717) is 18.8 Å². The van der Waals surface area contributed by atoms with Crippen molar-refractivity contribution >= 4 is 17.8 Å². The van der Waals surface area contributed by atoms with E-state index < -0.39 is 0 Å². The van der Waals surface area contributed by atoms with E-state index in [2.05, 4.69) is 15.6 Å². The first-order valence-corrected chi connectivity index (χ1v) is 7.48. The predicted molar refractivity (Wildman–Crippen MR) is 85.7 cm³/mol. The van der Waals surface area contributed by atoms with Gasteiger partial charge >= 0.3 is 6.03 Å². The van der Waals surface area contributed by atoms with Crippen LogP contribution in [0.1, 0.15) is 38.4 Å². The third-order valence-corrected chi connectivity index (χ3v) is 3.61. The van der Waals surface area contributed by atoms with Gasteiger partial charge in [-0.25, -0.2) is 9.78 Å². The van der Waals surface area contributed by atoms with Gasteiger partial charge in [0.25, 0.3) is 0 Å². The molecular formula is C16H24N4O2. The lowest BCUT2D eigenvalue weighted by Crippen LogP contribution is -2.45. The van der Waals surface area contributed by atoms with Crippen LogP contribution in [0.2, 0.25) is 0 Å². The molecule has 2 rings (SSSR count). The maximum atomic E-state index is 12.1. The van der Waals surface area contributed by atoms with Crippen molar-refractivity contribution in [3.63, 3.8) is 0 Å². The zero-order valence-electron chi connectivity index (χ0n) is 13.9. The van der Waals surface area contributed by atoms with Crippen LogP contribution < -0.4 is 10.6 Å². The number of hydrogen-bond donors (Lipinski definition) is 2. The fraction of sp³-hybridized carbons (Fsp3) is 0.562. The molecule has 1 aromatic heterocycles. The van der Waals surface area contributed by atoms with Gasteiger partial charge in [0.1, 0.15) is 5.82 Å². The molecule has 6 heteroatoms. The maximum absolute atomic E-state index is 12.1. The van der Waals surface area contributed by atoms with Crippen molar-refractivity contribution in [1.29, 1.82) is 0 Å². The number of carbonyl (C=O) groups excluding carboxylic acids is 2. The van der Waals surface area contributed by atoms with Crippen LogP contribution in [0.4, 0.5) is 10.6 Å². The highest BCUT2D eigenvalue weighted by Gasteiger charge is 2.36. The highest BCUT2D eigenvalue weighted by molar-refractivity contribution is 5.89. The van der Waals surface area contributed by atoms with Crippen molar-refractivity contribution in [2.45, 2.75) is 52.6 Å². The van der Waals surface area contributed by atoms with Gasteiger partial charge in [0.2, 0.25) is 5.91 Å². The summed E-state index contributed by atoms with van der Waals surface area (Å²) >= 11 is 0. The summed E-state index contributed by atoms with van der Waals surface area (Å²) < 4.78 is 0. The van der Waals surface area contributed by atoms with Crippen molar-refractivity contribution in [1.82, 2.24) is 15.2 Å². The van der Waals surface area contributed by atoms with E-state index >= 15 is 0 Å². The highest BCUT2D eigenvalue weighted by atomic mass is 16.2. The molecule has 2 N–H and O–H groups in total. The number of rotatable bonds is 2. The van der Waals surface area contributed by atoms with Gasteiger partial charge in [-0.3, -0.25) is 10.1 Å². The normalized spacial score (nSPS) is 18.5. The number of aryl methyl sites for hydroxylation is 2. The average Bonchev–Trinajstić information content (AvgIpc) is 2.67. The molecule has 0 aromatic carbocycles. The summed E-state index contributed by atoms with van der Waals surface area (Å²) in [4.78, 5) is 30.1. The zero-order valence-corrected chi connectivity index (χ0v) is 13.9. The van der Waals surface area contributed by atoms with E-state index in [4.69, 9.17) is 0 Å². The number of hydrogen-bond acceptors (Lipinski definition) is 3. The van der Waals surface area contributed by atoms with E-state index in [1.165, 1.54) is 0 Å². The molecule has 0 unspecified atom stereocenters. The molecule has 1 aliphatic heterocycles. The van der Waals surface area contributed by atoms with Gasteiger partial charge in [0.15, 0.2) is 0 Å². The third-order valence-electron chi connectivity index (χ3n) is 3.61. The molecule has 0 spiro atoms. The Bertz CT molecular complexity index is 572. The van der Waals surface area contributed by atoms with Crippen LogP contribution in [0, 0.1) is 13.8 Å². The van der Waals surface area contributed by atoms with Crippen LogP contribution >= 0.6 is 0 Å². The first-order chi connectivity index (χ1) is 10.1. The average molecular weight is 304 g/mol. The third kappa shape index (κ3) is 3.96. The molecule has 1 atom stereocenters. The van der Waals surface area contributed by atoms with Gasteiger partial charge in [-0.1, -0.05) is 0 Å². The Morgan fingerprint density at radius 3 is 2.55 bits per heavy atom. The number of amides is 3. The number of pyridine rings is 1. The van der Waals surface area contributed by atoms with Crippen LogP contribution in [0.25, 0.3) is 0 Å². The number of anilines is 1. The SMILES string of the molecule is Cc1cc(C)nc(NC(=O)N[C@@H]2CC(=O)N(C(C)(C)C)C2)c1. The summed E-state index contributed by atoms with van der Waals surface area (Å²) in [5, 5.41) is 5.57. The number of aromatic nitrogens is 1. The van der Waals surface area contributed by atoms with Crippen molar-refractivity contribution < 1.29 is 9.59 Å². The molecule has 1 aliphatic rings. The predicted octanol–water partition coefficient (Wildman–Crippen LogP) is 2.22. The van der Waals surface area contributed by atoms with Crippen molar-refractivity contribution in [2.75, 3.05) is 11.9 Å². The largest absolute Gasteiger partial charge is 0.336 e. The van der Waals surface area contributed by atoms with Crippen LogP contribution in [0.5, 0.6) is 0 Å². The molecule has 3 amide bonds. The molecule has 22 heavy (non-hydrogen) atoms. The topological polar surface area (TPSA) is 74.3 Å². The molecule has 0 saturated carbocycles. The molecular weight excluding hydrogens is 280 g/mol. The highest BCUT2D eigenvalue weighted by Crippen LogP contribution is 2.21. The van der Waals surface area contributed by atoms with E-state index in [1.54, 1.807) is 4.90 Å². The quantitative estimate of drug-likeness (QED) is 0.880. The fourth-order valence-corrected chi connectivity index (χ4v) is 2.70. The molecule has 2 heterocycles. The minimum Gasteiger partial charge on any atom is -0.336 e. The molecule has 120 valence electrons. The molecule has 0 bridgehead atoms. The molecule has 1 fully saturated rings. The Hall–Kier alpha value is -2.11. The summed E-state index contributed by atoms with van der Waals surface area (Å²) in [5.74, 6) is 0.592. The first kappa shape index (κ1) is 16.3. The van der Waals surface area contributed by atoms with Gasteiger partial charge in [0, 0.05) is 24.2 Å². The minimum absolute atomic E-state index is 0.0716. The molecule has 6 nitrogen and oxygen atoms in total. The van der Waals surface area contributed by atoms with E-state index in [0.717, 1.165) is 11.3 Å². The number of urea groups is 1. The van der Waals surface area contributed by atoms with E-state index in [1.807, 2.05) is 46.8 Å². The summed E-state index contributed by atoms with van der Waals surface area (Å²) in [5.41, 5.74) is 1.67. The van der Waals surface area contributed by atoms with Crippen molar-refractivity contribution in [2.24, 2.45) is 0 Å². The van der Waals surface area contributed by atoms with Gasteiger partial charge in [-0.05, 0) is 52.3 Å². The second-order valence-electron chi connectivity index (χ2n) is 6.85. The Morgan fingerprint density at radius 2 is 2.00 bits per heavy atom. The van der Waals surface area contributed by atoms with Crippen molar-refractivity contribution in [3.8, 4) is 0 Å². The Kier molecular flexibility index (Phi) is 4.39. The Labute approximate surface area is 131 Å². The maximum Gasteiger partial charge on any atom is 0.320 e. The zero-order chi connectivity index (χ0) is 16.5. The molecule has 1 aromatic rings. The standard InChI is InChI=1S/C16H24N4O2/c1-10-6-11(2)17-13(7-10)19-15(22)18-12-8-14(21)20(9-12)16(3,4)5/h6-7,12H,8-9H2,1-5H3,(H2,17,18,19,22)/t12-/m1/s1. The molecule has 1 saturated heterocycles. The van der Waals surface area contributed by atoms with Gasteiger partial charge in [-0.2, -0.15) is 0 Å². The van der Waals surface area contributed by atoms with Crippen molar-refractivity contribution in [3.05, 3.63) is 23.4 Å². The van der Waals surface area contributed by atoms with Crippen LogP contribution in [-0.4, -0.2) is 39.9 Å². The van der Waals surface area contributed by atoms with E-state index in [-0.39, 0.29) is 23.5 Å². The second kappa shape index (κ2) is 5.94. The lowest BCUT2D eigenvalue weighted by Gasteiger charge is -2.32. The summed E-state index contributed by atoms with van der Waals surface area (Å²) in [6.07, 6.45) is 0.338. The minimum atomic E-state index is -0.328. The first-order valence-electron chi connectivity index (χ1n) is 7.48. The number of carbonyl (C=O) groups is 2. The van der Waals surface area contributed by atoms with Gasteiger partial charge in [0.05, 0.1) is 6.04 Å². The second-order valence-corrected chi connectivity index (χ2v) is 6.85. The number of nitrogens with one attached hydrogen (secondary N) is 2. The Balaban J connectivity index is 1.94. The van der Waals surface area contributed by atoms with Gasteiger partial charge in [-0.15, -0.1) is 0 Å². The smallest absolute Gasteiger partial charge is 0.320 e.